The summed E-state index contributed by atoms with van der Waals surface area (Å²) < 4.78 is 0. The summed E-state index contributed by atoms with van der Waals surface area (Å²) in [6.45, 7) is 2.22. The van der Waals surface area contributed by atoms with E-state index in [-0.39, 0.29) is 29.8 Å². The summed E-state index contributed by atoms with van der Waals surface area (Å²) in [5.74, 6) is 0.792. The standard InChI is InChI=1S/C23H34N4O2/c24-18-10-8-16(9-11-18)15-26-22(28)20-7-4-14-27(20)23(29)21-19(12-13-25-21)17-5-2-1-3-6-17/h1-3,5-6,16,18-21,25H,4,7-15,24H2,(H,26,28)/t16?,18?,19-,20+,21?/m1/s1. The number of rotatable bonds is 5. The topological polar surface area (TPSA) is 87.5 Å². The number of hydrogen-bond acceptors (Lipinski definition) is 4. The normalized spacial score (nSPS) is 32.3. The smallest absolute Gasteiger partial charge is 0.242 e. The highest BCUT2D eigenvalue weighted by atomic mass is 16.2. The van der Waals surface area contributed by atoms with Crippen LogP contribution in [0.15, 0.2) is 30.3 Å². The number of nitrogens with zero attached hydrogens (tertiary/aromatic N) is 1. The molecule has 0 radical (unpaired) electrons. The SMILES string of the molecule is NC1CCC(CNC(=O)[C@@H]2CCCN2C(=O)C2NCC[C@@H]2c2ccccc2)CC1. The van der Waals surface area contributed by atoms with Gasteiger partial charge in [-0.3, -0.25) is 9.59 Å². The third-order valence-electron chi connectivity index (χ3n) is 7.01. The van der Waals surface area contributed by atoms with Crippen molar-refractivity contribution < 1.29 is 9.59 Å². The van der Waals surface area contributed by atoms with Crippen molar-refractivity contribution in [1.29, 1.82) is 0 Å². The number of likely N-dealkylation sites (tertiary alicyclic amines) is 1. The molecule has 6 nitrogen and oxygen atoms in total. The maximum atomic E-state index is 13.4. The molecule has 4 rings (SSSR count). The van der Waals surface area contributed by atoms with Crippen LogP contribution in [0, 0.1) is 5.92 Å². The summed E-state index contributed by atoms with van der Waals surface area (Å²) in [7, 11) is 0. The minimum absolute atomic E-state index is 0.0139. The molecule has 1 aliphatic carbocycles. The molecular formula is C23H34N4O2. The number of benzene rings is 1. The van der Waals surface area contributed by atoms with E-state index in [1.54, 1.807) is 0 Å². The lowest BCUT2D eigenvalue weighted by molar-refractivity contribution is -0.140. The van der Waals surface area contributed by atoms with Crippen molar-refractivity contribution in [3.8, 4) is 0 Å². The van der Waals surface area contributed by atoms with E-state index in [0.29, 0.717) is 25.0 Å². The molecule has 0 bridgehead atoms. The molecule has 1 unspecified atom stereocenters. The fraction of sp³-hybridized carbons (Fsp3) is 0.652. The molecule has 3 fully saturated rings. The van der Waals surface area contributed by atoms with Gasteiger partial charge in [-0.25, -0.2) is 0 Å². The molecule has 6 heteroatoms. The Hall–Kier alpha value is -1.92. The Labute approximate surface area is 173 Å². The average molecular weight is 399 g/mol. The molecule has 1 aromatic rings. The van der Waals surface area contributed by atoms with Crippen molar-refractivity contribution in [2.24, 2.45) is 11.7 Å². The summed E-state index contributed by atoms with van der Waals surface area (Å²) in [6.07, 6.45) is 6.86. The van der Waals surface area contributed by atoms with Gasteiger partial charge in [0.1, 0.15) is 6.04 Å². The lowest BCUT2D eigenvalue weighted by Gasteiger charge is -2.30. The predicted molar refractivity (Wildman–Crippen MR) is 113 cm³/mol. The summed E-state index contributed by atoms with van der Waals surface area (Å²) in [5.41, 5.74) is 7.18. The first-order valence-corrected chi connectivity index (χ1v) is 11.3. The third-order valence-corrected chi connectivity index (χ3v) is 7.01. The van der Waals surface area contributed by atoms with Gasteiger partial charge in [0.15, 0.2) is 0 Å². The quantitative estimate of drug-likeness (QED) is 0.705. The van der Waals surface area contributed by atoms with E-state index in [0.717, 1.165) is 51.5 Å². The van der Waals surface area contributed by atoms with Crippen molar-refractivity contribution in [2.45, 2.75) is 69.0 Å². The molecule has 3 atom stereocenters. The van der Waals surface area contributed by atoms with E-state index < -0.39 is 0 Å². The largest absolute Gasteiger partial charge is 0.354 e. The molecule has 3 aliphatic rings. The second kappa shape index (κ2) is 9.26. The summed E-state index contributed by atoms with van der Waals surface area (Å²) in [4.78, 5) is 28.1. The van der Waals surface area contributed by atoms with Crippen LogP contribution in [0.1, 0.15) is 56.4 Å². The van der Waals surface area contributed by atoms with Crippen LogP contribution in [-0.2, 0) is 9.59 Å². The number of nitrogens with one attached hydrogen (secondary N) is 2. The van der Waals surface area contributed by atoms with Gasteiger partial charge >= 0.3 is 0 Å². The van der Waals surface area contributed by atoms with E-state index >= 15 is 0 Å². The van der Waals surface area contributed by atoms with Gasteiger partial charge in [-0.1, -0.05) is 30.3 Å². The van der Waals surface area contributed by atoms with E-state index in [9.17, 15) is 9.59 Å². The number of hydrogen-bond donors (Lipinski definition) is 3. The summed E-state index contributed by atoms with van der Waals surface area (Å²) in [5, 5.41) is 6.53. The van der Waals surface area contributed by atoms with Gasteiger partial charge in [0, 0.05) is 25.0 Å². The van der Waals surface area contributed by atoms with E-state index in [2.05, 4.69) is 22.8 Å². The molecule has 29 heavy (non-hydrogen) atoms. The first kappa shape index (κ1) is 20.4. The highest BCUT2D eigenvalue weighted by Crippen LogP contribution is 2.31. The van der Waals surface area contributed by atoms with E-state index in [1.165, 1.54) is 5.56 Å². The first-order chi connectivity index (χ1) is 14.1. The van der Waals surface area contributed by atoms with Crippen LogP contribution < -0.4 is 16.4 Å². The van der Waals surface area contributed by atoms with Gasteiger partial charge < -0.3 is 21.3 Å². The maximum absolute atomic E-state index is 13.4. The van der Waals surface area contributed by atoms with Gasteiger partial charge in [-0.2, -0.15) is 0 Å². The van der Waals surface area contributed by atoms with Crippen molar-refractivity contribution in [3.05, 3.63) is 35.9 Å². The zero-order valence-corrected chi connectivity index (χ0v) is 17.2. The second-order valence-corrected chi connectivity index (χ2v) is 8.95. The average Bonchev–Trinajstić information content (AvgIpc) is 3.43. The number of carbonyl (C=O) groups excluding carboxylic acids is 2. The molecule has 2 saturated heterocycles. The van der Waals surface area contributed by atoms with Crippen LogP contribution in [-0.4, -0.2) is 54.5 Å². The first-order valence-electron chi connectivity index (χ1n) is 11.3. The summed E-state index contributed by atoms with van der Waals surface area (Å²) in [6, 6.07) is 10.0. The fourth-order valence-corrected chi connectivity index (χ4v) is 5.26. The minimum atomic E-state index is -0.327. The second-order valence-electron chi connectivity index (χ2n) is 8.95. The monoisotopic (exact) mass is 398 g/mol. The predicted octanol–water partition coefficient (Wildman–Crippen LogP) is 1.76. The van der Waals surface area contributed by atoms with Crippen LogP contribution >= 0.6 is 0 Å². The van der Waals surface area contributed by atoms with Crippen LogP contribution in [0.3, 0.4) is 0 Å². The van der Waals surface area contributed by atoms with Crippen molar-refractivity contribution in [2.75, 3.05) is 19.6 Å². The Bertz CT molecular complexity index is 702. The number of nitrogens with two attached hydrogens (primary N) is 1. The van der Waals surface area contributed by atoms with Gasteiger partial charge in [-0.05, 0) is 63.0 Å². The highest BCUT2D eigenvalue weighted by Gasteiger charge is 2.41. The zero-order valence-electron chi connectivity index (χ0n) is 17.2. The van der Waals surface area contributed by atoms with Crippen LogP contribution in [0.2, 0.25) is 0 Å². The third kappa shape index (κ3) is 4.64. The van der Waals surface area contributed by atoms with Crippen LogP contribution in [0.5, 0.6) is 0 Å². The molecule has 2 amide bonds. The molecule has 1 aromatic carbocycles. The molecule has 4 N–H and O–H groups in total. The van der Waals surface area contributed by atoms with Gasteiger partial charge in [0.2, 0.25) is 11.8 Å². The molecule has 2 aliphatic heterocycles. The molecule has 0 aromatic heterocycles. The Morgan fingerprint density at radius 3 is 2.59 bits per heavy atom. The Kier molecular flexibility index (Phi) is 6.50. The molecule has 0 spiro atoms. The molecule has 1 saturated carbocycles. The lowest BCUT2D eigenvalue weighted by Crippen LogP contribution is -2.52. The zero-order chi connectivity index (χ0) is 20.2. The van der Waals surface area contributed by atoms with Crippen molar-refractivity contribution >= 4 is 11.8 Å². The Morgan fingerprint density at radius 2 is 1.83 bits per heavy atom. The van der Waals surface area contributed by atoms with Gasteiger partial charge in [0.05, 0.1) is 6.04 Å². The van der Waals surface area contributed by atoms with Gasteiger partial charge in [0.25, 0.3) is 0 Å². The number of carbonyl (C=O) groups is 2. The molecule has 2 heterocycles. The number of amides is 2. The van der Waals surface area contributed by atoms with Crippen molar-refractivity contribution in [1.82, 2.24) is 15.5 Å². The van der Waals surface area contributed by atoms with Crippen LogP contribution in [0.25, 0.3) is 0 Å². The van der Waals surface area contributed by atoms with Gasteiger partial charge in [-0.15, -0.1) is 0 Å². The van der Waals surface area contributed by atoms with E-state index in [1.807, 2.05) is 23.1 Å². The van der Waals surface area contributed by atoms with Crippen molar-refractivity contribution in [3.63, 3.8) is 0 Å². The Morgan fingerprint density at radius 1 is 1.07 bits per heavy atom. The molecule has 158 valence electrons. The fourth-order valence-electron chi connectivity index (χ4n) is 5.26. The Balaban J connectivity index is 1.36. The molecular weight excluding hydrogens is 364 g/mol. The summed E-state index contributed by atoms with van der Waals surface area (Å²) >= 11 is 0. The minimum Gasteiger partial charge on any atom is -0.354 e. The lowest BCUT2D eigenvalue weighted by atomic mass is 9.86. The van der Waals surface area contributed by atoms with Crippen LogP contribution in [0.4, 0.5) is 0 Å². The van der Waals surface area contributed by atoms with E-state index in [4.69, 9.17) is 5.73 Å². The maximum Gasteiger partial charge on any atom is 0.242 e. The highest BCUT2D eigenvalue weighted by molar-refractivity contribution is 5.91.